The van der Waals surface area contributed by atoms with Crippen molar-refractivity contribution < 1.29 is 9.59 Å². The van der Waals surface area contributed by atoms with Crippen LogP contribution in [-0.4, -0.2) is 79.8 Å². The van der Waals surface area contributed by atoms with Gasteiger partial charge in [-0.25, -0.2) is 0 Å². The fraction of sp³-hybridized carbons (Fsp3) is 0.375. The number of hydrogen-bond donors (Lipinski definition) is 1. The van der Waals surface area contributed by atoms with Crippen molar-refractivity contribution in [2.45, 2.75) is 19.0 Å². The Hall–Kier alpha value is -3.24. The van der Waals surface area contributed by atoms with E-state index in [-0.39, 0.29) is 11.8 Å². The Morgan fingerprint density at radius 1 is 1.00 bits per heavy atom. The lowest BCUT2D eigenvalue weighted by atomic mass is 10.1. The van der Waals surface area contributed by atoms with Gasteiger partial charge in [-0.15, -0.1) is 10.2 Å². The number of anilines is 1. The first-order chi connectivity index (χ1) is 16.4. The third-order valence-electron chi connectivity index (χ3n) is 5.94. The number of piperazine rings is 1. The number of hydrogen-bond acceptors (Lipinski definition) is 7. The lowest BCUT2D eigenvalue weighted by molar-refractivity contribution is -0.130. The van der Waals surface area contributed by atoms with Crippen LogP contribution in [0.3, 0.4) is 0 Å². The van der Waals surface area contributed by atoms with Gasteiger partial charge >= 0.3 is 0 Å². The second-order valence-corrected chi connectivity index (χ2v) is 9.30. The van der Waals surface area contributed by atoms with Crippen LogP contribution in [0.4, 0.5) is 5.69 Å². The monoisotopic (exact) mass is 479 g/mol. The summed E-state index contributed by atoms with van der Waals surface area (Å²) in [5.41, 5.74) is 3.92. The Balaban J connectivity index is 1.23. The number of benzene rings is 1. The average Bonchev–Trinajstić information content (AvgIpc) is 3.21. The minimum Gasteiger partial charge on any atom is -0.339 e. The molecule has 1 fully saturated rings. The molecule has 0 spiro atoms. The molecule has 0 saturated carbocycles. The maximum atomic E-state index is 12.7. The van der Waals surface area contributed by atoms with Gasteiger partial charge in [0.05, 0.1) is 12.3 Å². The van der Waals surface area contributed by atoms with Crippen LogP contribution in [0, 0.1) is 13.8 Å². The van der Waals surface area contributed by atoms with Crippen LogP contribution < -0.4 is 5.32 Å². The van der Waals surface area contributed by atoms with Gasteiger partial charge in [-0.05, 0) is 37.1 Å². The third kappa shape index (κ3) is 5.63. The quantitative estimate of drug-likeness (QED) is 0.520. The maximum absolute atomic E-state index is 12.7. The van der Waals surface area contributed by atoms with Crippen LogP contribution in [0.25, 0.3) is 11.4 Å². The molecule has 1 saturated heterocycles. The number of carbonyl (C=O) groups is 2. The SMILES string of the molecule is Cc1cccc(C)c1NC(=O)CN1CCN(C(=O)CSc2nnc(-c3ccncc3)n2C)CC1. The zero-order valence-electron chi connectivity index (χ0n) is 19.7. The van der Waals surface area contributed by atoms with E-state index >= 15 is 0 Å². The van der Waals surface area contributed by atoms with Gasteiger partial charge in [0.15, 0.2) is 11.0 Å². The normalized spacial score (nSPS) is 14.3. The zero-order valence-corrected chi connectivity index (χ0v) is 20.5. The van der Waals surface area contributed by atoms with Crippen molar-refractivity contribution in [2.75, 3.05) is 43.8 Å². The third-order valence-corrected chi connectivity index (χ3v) is 6.94. The first kappa shape index (κ1) is 23.9. The standard InChI is InChI=1S/C24H29N7O2S/c1-17-5-4-6-18(2)22(17)26-20(32)15-30-11-13-31(14-12-30)21(33)16-34-24-28-27-23(29(24)3)19-7-9-25-10-8-19/h4-10H,11-16H2,1-3H3,(H,26,32). The lowest BCUT2D eigenvalue weighted by Crippen LogP contribution is -2.51. The summed E-state index contributed by atoms with van der Waals surface area (Å²) in [6.45, 7) is 6.87. The Kier molecular flexibility index (Phi) is 7.59. The summed E-state index contributed by atoms with van der Waals surface area (Å²) >= 11 is 1.38. The highest BCUT2D eigenvalue weighted by Crippen LogP contribution is 2.23. The zero-order chi connectivity index (χ0) is 24.1. The lowest BCUT2D eigenvalue weighted by Gasteiger charge is -2.34. The first-order valence-electron chi connectivity index (χ1n) is 11.2. The van der Waals surface area contributed by atoms with Gasteiger partial charge in [-0.2, -0.15) is 0 Å². The van der Waals surface area contributed by atoms with Crippen molar-refractivity contribution in [3.63, 3.8) is 0 Å². The number of carbonyl (C=O) groups excluding carboxylic acids is 2. The van der Waals surface area contributed by atoms with E-state index < -0.39 is 0 Å². The minimum atomic E-state index is -0.0278. The predicted molar refractivity (Wildman–Crippen MR) is 133 cm³/mol. The smallest absolute Gasteiger partial charge is 0.238 e. The van der Waals surface area contributed by atoms with Crippen molar-refractivity contribution in [1.82, 2.24) is 29.5 Å². The molecule has 178 valence electrons. The van der Waals surface area contributed by atoms with Gasteiger partial charge in [0, 0.05) is 56.9 Å². The average molecular weight is 480 g/mol. The van der Waals surface area contributed by atoms with Crippen molar-refractivity contribution in [2.24, 2.45) is 7.05 Å². The van der Waals surface area contributed by atoms with E-state index in [1.807, 2.05) is 60.7 Å². The summed E-state index contributed by atoms with van der Waals surface area (Å²) in [4.78, 5) is 33.3. The van der Waals surface area contributed by atoms with E-state index in [1.54, 1.807) is 12.4 Å². The summed E-state index contributed by atoms with van der Waals surface area (Å²) in [5.74, 6) is 1.08. The number of rotatable bonds is 7. The largest absolute Gasteiger partial charge is 0.339 e. The molecule has 0 radical (unpaired) electrons. The number of nitrogens with zero attached hydrogens (tertiary/aromatic N) is 6. The van der Waals surface area contributed by atoms with Crippen LogP contribution in [-0.2, 0) is 16.6 Å². The molecule has 1 N–H and O–H groups in total. The first-order valence-corrected chi connectivity index (χ1v) is 12.2. The molecule has 1 aliphatic heterocycles. The molecular formula is C24H29N7O2S. The molecule has 3 heterocycles. The van der Waals surface area contributed by atoms with E-state index in [2.05, 4.69) is 25.4 Å². The second-order valence-electron chi connectivity index (χ2n) is 8.36. The fourth-order valence-electron chi connectivity index (χ4n) is 3.96. The van der Waals surface area contributed by atoms with Crippen LogP contribution in [0.1, 0.15) is 11.1 Å². The van der Waals surface area contributed by atoms with Crippen molar-refractivity contribution in [1.29, 1.82) is 0 Å². The summed E-state index contributed by atoms with van der Waals surface area (Å²) < 4.78 is 1.89. The molecule has 1 aliphatic rings. The van der Waals surface area contributed by atoms with E-state index in [0.717, 1.165) is 28.2 Å². The van der Waals surface area contributed by atoms with Crippen LogP contribution >= 0.6 is 11.8 Å². The van der Waals surface area contributed by atoms with E-state index in [0.29, 0.717) is 43.6 Å². The number of thioether (sulfide) groups is 1. The van der Waals surface area contributed by atoms with E-state index in [4.69, 9.17) is 0 Å². The highest BCUT2D eigenvalue weighted by Gasteiger charge is 2.23. The van der Waals surface area contributed by atoms with Gasteiger partial charge in [0.1, 0.15) is 0 Å². The summed E-state index contributed by atoms with van der Waals surface area (Å²) in [5, 5.41) is 12.2. The Morgan fingerprint density at radius 2 is 1.68 bits per heavy atom. The molecular weight excluding hydrogens is 450 g/mol. The van der Waals surface area contributed by atoms with Gasteiger partial charge < -0.3 is 14.8 Å². The molecule has 2 aromatic heterocycles. The van der Waals surface area contributed by atoms with Crippen LogP contribution in [0.5, 0.6) is 0 Å². The molecule has 1 aromatic carbocycles. The number of amides is 2. The Morgan fingerprint density at radius 3 is 2.35 bits per heavy atom. The van der Waals surface area contributed by atoms with E-state index in [9.17, 15) is 9.59 Å². The van der Waals surface area contributed by atoms with Gasteiger partial charge in [-0.3, -0.25) is 19.5 Å². The molecule has 0 atom stereocenters. The molecule has 2 amide bonds. The van der Waals surface area contributed by atoms with E-state index in [1.165, 1.54) is 11.8 Å². The minimum absolute atomic E-state index is 0.0278. The molecule has 0 aliphatic carbocycles. The molecule has 9 nitrogen and oxygen atoms in total. The summed E-state index contributed by atoms with van der Waals surface area (Å²) in [7, 11) is 1.89. The Bertz CT molecular complexity index is 1140. The number of aryl methyl sites for hydroxylation is 2. The molecule has 0 bridgehead atoms. The highest BCUT2D eigenvalue weighted by molar-refractivity contribution is 7.99. The summed E-state index contributed by atoms with van der Waals surface area (Å²) in [6, 6.07) is 9.73. The number of nitrogens with one attached hydrogen (secondary N) is 1. The van der Waals surface area contributed by atoms with Gasteiger partial charge in [0.25, 0.3) is 0 Å². The molecule has 10 heteroatoms. The topological polar surface area (TPSA) is 96.2 Å². The number of para-hydroxylation sites is 1. The molecule has 34 heavy (non-hydrogen) atoms. The molecule has 3 aromatic rings. The fourth-order valence-corrected chi connectivity index (χ4v) is 4.77. The Labute approximate surface area is 203 Å². The summed E-state index contributed by atoms with van der Waals surface area (Å²) in [6.07, 6.45) is 3.43. The van der Waals surface area contributed by atoms with Gasteiger partial charge in [-0.1, -0.05) is 30.0 Å². The number of aromatic nitrogens is 4. The van der Waals surface area contributed by atoms with Crippen LogP contribution in [0.15, 0.2) is 47.9 Å². The van der Waals surface area contributed by atoms with Crippen molar-refractivity contribution >= 4 is 29.3 Å². The van der Waals surface area contributed by atoms with Gasteiger partial charge in [0.2, 0.25) is 11.8 Å². The molecule has 0 unspecified atom stereocenters. The van der Waals surface area contributed by atoms with Crippen molar-refractivity contribution in [3.05, 3.63) is 53.9 Å². The van der Waals surface area contributed by atoms with Crippen molar-refractivity contribution in [3.8, 4) is 11.4 Å². The predicted octanol–water partition coefficient (Wildman–Crippen LogP) is 2.37. The highest BCUT2D eigenvalue weighted by atomic mass is 32.2. The second kappa shape index (κ2) is 10.8. The molecule has 4 rings (SSSR count). The maximum Gasteiger partial charge on any atom is 0.238 e. The number of pyridine rings is 1. The van der Waals surface area contributed by atoms with Crippen LogP contribution in [0.2, 0.25) is 0 Å².